The normalized spacial score (nSPS) is 9.86. The molecule has 0 aliphatic heterocycles. The number of hydrogen-bond donors (Lipinski definition) is 0. The summed E-state index contributed by atoms with van der Waals surface area (Å²) in [4.78, 5) is 0. The Balaban J connectivity index is 3.06. The molecule has 0 N–H and O–H groups in total. The highest BCUT2D eigenvalue weighted by molar-refractivity contribution is 9.10. The van der Waals surface area contributed by atoms with Gasteiger partial charge in [-0.1, -0.05) is 27.5 Å². The van der Waals surface area contributed by atoms with Crippen molar-refractivity contribution in [2.45, 2.75) is 13.0 Å². The minimum absolute atomic E-state index is 0.367. The number of methoxy groups -OCH3 is 1. The molecule has 0 unspecified atom stereocenters. The lowest BCUT2D eigenvalue weighted by molar-refractivity contribution is 0.184. The zero-order valence-electron chi connectivity index (χ0n) is 7.68. The van der Waals surface area contributed by atoms with Gasteiger partial charge in [0.2, 0.25) is 0 Å². The van der Waals surface area contributed by atoms with Crippen molar-refractivity contribution in [3.63, 3.8) is 0 Å². The Morgan fingerprint density at radius 3 is 2.79 bits per heavy atom. The van der Waals surface area contributed by atoms with Gasteiger partial charge in [-0.05, 0) is 17.7 Å². The Hall–Kier alpha value is -0.560. The number of nitrogens with zero attached hydrogens (tertiary/aromatic N) is 1. The molecule has 74 valence electrons. The number of hydrogen-bond acceptors (Lipinski definition) is 2. The van der Waals surface area contributed by atoms with E-state index in [2.05, 4.69) is 22.0 Å². The van der Waals surface area contributed by atoms with E-state index in [1.165, 1.54) is 0 Å². The van der Waals surface area contributed by atoms with Crippen molar-refractivity contribution in [1.29, 1.82) is 5.26 Å². The van der Waals surface area contributed by atoms with E-state index in [1.807, 2.05) is 6.07 Å². The molecule has 1 aromatic rings. The van der Waals surface area contributed by atoms with Gasteiger partial charge in [0.05, 0.1) is 19.1 Å². The Morgan fingerprint density at radius 2 is 2.29 bits per heavy atom. The first-order valence-electron chi connectivity index (χ1n) is 4.01. The first-order chi connectivity index (χ1) is 6.69. The van der Waals surface area contributed by atoms with E-state index in [0.29, 0.717) is 18.1 Å². The quantitative estimate of drug-likeness (QED) is 0.847. The van der Waals surface area contributed by atoms with Crippen LogP contribution in [0.1, 0.15) is 11.1 Å². The van der Waals surface area contributed by atoms with Crippen LogP contribution in [0.25, 0.3) is 0 Å². The molecule has 1 rings (SSSR count). The molecule has 0 amide bonds. The fourth-order valence-corrected chi connectivity index (χ4v) is 2.16. The maximum Gasteiger partial charge on any atom is 0.0738 e. The summed E-state index contributed by atoms with van der Waals surface area (Å²) >= 11 is 9.42. The standard InChI is InChI=1S/C10H9BrClNO/c1-14-6-8-9(11)4-7(2-3-13)5-10(8)12/h4-5H,2,6H2,1H3. The second-order valence-corrected chi connectivity index (χ2v) is 4.07. The molecule has 0 aliphatic carbocycles. The highest BCUT2D eigenvalue weighted by Crippen LogP contribution is 2.27. The van der Waals surface area contributed by atoms with Crippen molar-refractivity contribution in [3.8, 4) is 6.07 Å². The number of rotatable bonds is 3. The van der Waals surface area contributed by atoms with Crippen molar-refractivity contribution in [2.75, 3.05) is 7.11 Å². The SMILES string of the molecule is COCc1c(Cl)cc(CC#N)cc1Br. The maximum atomic E-state index is 8.54. The zero-order valence-corrected chi connectivity index (χ0v) is 10.0. The lowest BCUT2D eigenvalue weighted by Gasteiger charge is -2.07. The van der Waals surface area contributed by atoms with E-state index in [-0.39, 0.29) is 0 Å². The van der Waals surface area contributed by atoms with Crippen molar-refractivity contribution < 1.29 is 4.74 Å². The lowest BCUT2D eigenvalue weighted by atomic mass is 10.1. The van der Waals surface area contributed by atoms with Crippen LogP contribution >= 0.6 is 27.5 Å². The molecular formula is C10H9BrClNO. The first-order valence-corrected chi connectivity index (χ1v) is 5.18. The Kier molecular flexibility index (Phi) is 4.40. The molecule has 1 aromatic carbocycles. The number of ether oxygens (including phenoxy) is 1. The highest BCUT2D eigenvalue weighted by Gasteiger charge is 2.07. The van der Waals surface area contributed by atoms with Crippen LogP contribution in [-0.2, 0) is 17.8 Å². The van der Waals surface area contributed by atoms with Gasteiger partial charge in [-0.3, -0.25) is 0 Å². The molecular weight excluding hydrogens is 265 g/mol. The fraction of sp³-hybridized carbons (Fsp3) is 0.300. The smallest absolute Gasteiger partial charge is 0.0738 e. The van der Waals surface area contributed by atoms with Gasteiger partial charge in [-0.15, -0.1) is 0 Å². The average Bonchev–Trinajstić information content (AvgIpc) is 2.12. The molecule has 0 fully saturated rings. The van der Waals surface area contributed by atoms with Gasteiger partial charge >= 0.3 is 0 Å². The van der Waals surface area contributed by atoms with E-state index in [9.17, 15) is 0 Å². The molecule has 0 radical (unpaired) electrons. The molecule has 0 saturated carbocycles. The van der Waals surface area contributed by atoms with Gasteiger partial charge in [-0.2, -0.15) is 5.26 Å². The van der Waals surface area contributed by atoms with Crippen LogP contribution in [0.3, 0.4) is 0 Å². The van der Waals surface area contributed by atoms with Crippen molar-refractivity contribution in [1.82, 2.24) is 0 Å². The van der Waals surface area contributed by atoms with Crippen LogP contribution in [0, 0.1) is 11.3 Å². The van der Waals surface area contributed by atoms with Crippen molar-refractivity contribution >= 4 is 27.5 Å². The van der Waals surface area contributed by atoms with Crippen LogP contribution in [0.5, 0.6) is 0 Å². The van der Waals surface area contributed by atoms with Crippen LogP contribution in [0.15, 0.2) is 16.6 Å². The van der Waals surface area contributed by atoms with Crippen LogP contribution < -0.4 is 0 Å². The molecule has 0 heterocycles. The number of nitriles is 1. The zero-order chi connectivity index (χ0) is 10.6. The molecule has 0 atom stereocenters. The van der Waals surface area contributed by atoms with Gasteiger partial charge in [-0.25, -0.2) is 0 Å². The summed E-state index contributed by atoms with van der Waals surface area (Å²) in [6.07, 6.45) is 0.367. The third-order valence-corrected chi connectivity index (χ3v) is 2.82. The summed E-state index contributed by atoms with van der Waals surface area (Å²) in [6.45, 7) is 0.465. The topological polar surface area (TPSA) is 33.0 Å². The highest BCUT2D eigenvalue weighted by atomic mass is 79.9. The van der Waals surface area contributed by atoms with Gasteiger partial charge in [0.1, 0.15) is 0 Å². The van der Waals surface area contributed by atoms with Crippen LogP contribution in [-0.4, -0.2) is 7.11 Å². The summed E-state index contributed by atoms with van der Waals surface area (Å²) < 4.78 is 5.90. The van der Waals surface area contributed by atoms with Gasteiger partial charge in [0.15, 0.2) is 0 Å². The summed E-state index contributed by atoms with van der Waals surface area (Å²) in [7, 11) is 1.62. The van der Waals surface area contributed by atoms with Crippen LogP contribution in [0.4, 0.5) is 0 Å². The molecule has 2 nitrogen and oxygen atoms in total. The third kappa shape index (κ3) is 2.71. The summed E-state index contributed by atoms with van der Waals surface area (Å²) in [6, 6.07) is 5.77. The van der Waals surface area contributed by atoms with Gasteiger partial charge in [0.25, 0.3) is 0 Å². The minimum Gasteiger partial charge on any atom is -0.380 e. The average molecular weight is 275 g/mol. The lowest BCUT2D eigenvalue weighted by Crippen LogP contribution is -1.93. The van der Waals surface area contributed by atoms with Crippen molar-refractivity contribution in [2.24, 2.45) is 0 Å². The Morgan fingerprint density at radius 1 is 1.57 bits per heavy atom. The second kappa shape index (κ2) is 5.35. The summed E-state index contributed by atoms with van der Waals surface area (Å²) in [5, 5.41) is 9.17. The van der Waals surface area contributed by atoms with E-state index in [4.69, 9.17) is 21.6 Å². The maximum absolute atomic E-state index is 8.54. The molecule has 0 bridgehead atoms. The van der Waals surface area contributed by atoms with E-state index in [0.717, 1.165) is 15.6 Å². The number of halogens is 2. The summed E-state index contributed by atoms with van der Waals surface area (Å²) in [5.74, 6) is 0. The van der Waals surface area contributed by atoms with Crippen LogP contribution in [0.2, 0.25) is 5.02 Å². The molecule has 14 heavy (non-hydrogen) atoms. The first kappa shape index (κ1) is 11.5. The summed E-state index contributed by atoms with van der Waals surface area (Å²) in [5.41, 5.74) is 1.82. The Labute approximate surface area is 96.6 Å². The minimum atomic E-state index is 0.367. The van der Waals surface area contributed by atoms with Crippen molar-refractivity contribution in [3.05, 3.63) is 32.8 Å². The predicted octanol–water partition coefficient (Wildman–Crippen LogP) is 3.31. The van der Waals surface area contributed by atoms with E-state index in [1.54, 1.807) is 13.2 Å². The third-order valence-electron chi connectivity index (χ3n) is 1.77. The predicted molar refractivity (Wildman–Crippen MR) is 59.2 cm³/mol. The molecule has 0 saturated heterocycles. The monoisotopic (exact) mass is 273 g/mol. The fourth-order valence-electron chi connectivity index (χ4n) is 1.13. The van der Waals surface area contributed by atoms with Gasteiger partial charge < -0.3 is 4.74 Å². The molecule has 4 heteroatoms. The molecule has 0 aromatic heterocycles. The molecule has 0 aliphatic rings. The largest absolute Gasteiger partial charge is 0.380 e. The Bertz CT molecular complexity index is 350. The van der Waals surface area contributed by atoms with E-state index >= 15 is 0 Å². The van der Waals surface area contributed by atoms with Gasteiger partial charge in [0, 0.05) is 22.2 Å². The molecule has 0 spiro atoms. The number of benzene rings is 1. The van der Waals surface area contributed by atoms with E-state index < -0.39 is 0 Å². The second-order valence-electron chi connectivity index (χ2n) is 2.81.